The second-order valence-electron chi connectivity index (χ2n) is 4.90. The number of carbonyl (C=O) groups is 1. The summed E-state index contributed by atoms with van der Waals surface area (Å²) < 4.78 is 0. The normalized spacial score (nSPS) is 10.2. The summed E-state index contributed by atoms with van der Waals surface area (Å²) in [5.41, 5.74) is 5.04. The predicted octanol–water partition coefficient (Wildman–Crippen LogP) is 4.51. The second kappa shape index (κ2) is 6.24. The number of rotatable bonds is 3. The number of hydrogen-bond acceptors (Lipinski definition) is 1. The van der Waals surface area contributed by atoms with E-state index in [2.05, 4.69) is 17.6 Å². The summed E-state index contributed by atoms with van der Waals surface area (Å²) in [6.45, 7) is 6.08. The minimum Gasteiger partial charge on any atom is -0.308 e. The van der Waals surface area contributed by atoms with Gasteiger partial charge in [-0.25, -0.2) is 4.79 Å². The molecular formula is C17H20N2O. The van der Waals surface area contributed by atoms with Crippen LogP contribution in [0.25, 0.3) is 0 Å². The van der Waals surface area contributed by atoms with E-state index in [1.165, 1.54) is 5.56 Å². The molecule has 0 fully saturated rings. The molecule has 2 aromatic carbocycles. The van der Waals surface area contributed by atoms with Gasteiger partial charge in [0.2, 0.25) is 0 Å². The Morgan fingerprint density at radius 1 is 0.950 bits per heavy atom. The third-order valence-corrected chi connectivity index (χ3v) is 3.34. The number of aryl methyl sites for hydroxylation is 3. The standard InChI is InChI=1S/C17H20N2O/c1-4-14-8-10-15(11-9-14)18-17(20)19-16-12(2)6-5-7-13(16)3/h5-11H,4H2,1-3H3,(H2,18,19,20). The van der Waals surface area contributed by atoms with Gasteiger partial charge in [0, 0.05) is 11.4 Å². The van der Waals surface area contributed by atoms with Gasteiger partial charge in [-0.15, -0.1) is 0 Å². The number of amides is 2. The molecule has 2 N–H and O–H groups in total. The molecule has 0 saturated carbocycles. The molecule has 0 aromatic heterocycles. The highest BCUT2D eigenvalue weighted by Crippen LogP contribution is 2.19. The van der Waals surface area contributed by atoms with Gasteiger partial charge in [0.1, 0.15) is 0 Å². The first-order valence-corrected chi connectivity index (χ1v) is 6.83. The average Bonchev–Trinajstić information content (AvgIpc) is 2.44. The first kappa shape index (κ1) is 14.1. The number of hydrogen-bond donors (Lipinski definition) is 2. The third-order valence-electron chi connectivity index (χ3n) is 3.34. The van der Waals surface area contributed by atoms with Gasteiger partial charge >= 0.3 is 6.03 Å². The van der Waals surface area contributed by atoms with E-state index in [1.54, 1.807) is 0 Å². The van der Waals surface area contributed by atoms with E-state index in [1.807, 2.05) is 56.3 Å². The Balaban J connectivity index is 2.05. The zero-order chi connectivity index (χ0) is 14.5. The Hall–Kier alpha value is -2.29. The van der Waals surface area contributed by atoms with Gasteiger partial charge in [-0.05, 0) is 49.1 Å². The first-order valence-electron chi connectivity index (χ1n) is 6.83. The van der Waals surface area contributed by atoms with Crippen LogP contribution in [0.3, 0.4) is 0 Å². The van der Waals surface area contributed by atoms with Crippen LogP contribution in [0.5, 0.6) is 0 Å². The number of anilines is 2. The molecule has 2 aromatic rings. The van der Waals surface area contributed by atoms with Crippen molar-refractivity contribution in [2.24, 2.45) is 0 Å². The minimum absolute atomic E-state index is 0.216. The smallest absolute Gasteiger partial charge is 0.308 e. The second-order valence-corrected chi connectivity index (χ2v) is 4.90. The van der Waals surface area contributed by atoms with Crippen LogP contribution in [0.4, 0.5) is 16.2 Å². The van der Waals surface area contributed by atoms with Crippen LogP contribution in [-0.2, 0) is 6.42 Å². The fraction of sp³-hybridized carbons (Fsp3) is 0.235. The Morgan fingerprint density at radius 3 is 2.10 bits per heavy atom. The molecular weight excluding hydrogens is 248 g/mol. The van der Waals surface area contributed by atoms with E-state index < -0.39 is 0 Å². The Labute approximate surface area is 120 Å². The number of urea groups is 1. The maximum atomic E-state index is 12.0. The summed E-state index contributed by atoms with van der Waals surface area (Å²) in [6, 6.07) is 13.6. The fourth-order valence-corrected chi connectivity index (χ4v) is 2.11. The third kappa shape index (κ3) is 3.38. The summed E-state index contributed by atoms with van der Waals surface area (Å²) in [7, 11) is 0. The lowest BCUT2D eigenvalue weighted by Gasteiger charge is -2.12. The van der Waals surface area contributed by atoms with Gasteiger partial charge in [0.15, 0.2) is 0 Å². The SMILES string of the molecule is CCc1ccc(NC(=O)Nc2c(C)cccc2C)cc1. The number of carbonyl (C=O) groups excluding carboxylic acids is 1. The molecule has 0 radical (unpaired) electrons. The number of nitrogens with one attached hydrogen (secondary N) is 2. The van der Waals surface area contributed by atoms with Crippen LogP contribution in [0.15, 0.2) is 42.5 Å². The molecule has 0 aliphatic rings. The van der Waals surface area contributed by atoms with E-state index in [4.69, 9.17) is 0 Å². The fourth-order valence-electron chi connectivity index (χ4n) is 2.11. The number of para-hydroxylation sites is 1. The van der Waals surface area contributed by atoms with Crippen molar-refractivity contribution in [3.63, 3.8) is 0 Å². The molecule has 104 valence electrons. The predicted molar refractivity (Wildman–Crippen MR) is 84.4 cm³/mol. The van der Waals surface area contributed by atoms with E-state index in [0.29, 0.717) is 0 Å². The van der Waals surface area contributed by atoms with Crippen LogP contribution in [-0.4, -0.2) is 6.03 Å². The zero-order valence-electron chi connectivity index (χ0n) is 12.2. The lowest BCUT2D eigenvalue weighted by Crippen LogP contribution is -2.20. The summed E-state index contributed by atoms with van der Waals surface area (Å²) >= 11 is 0. The van der Waals surface area contributed by atoms with Crippen LogP contribution in [0.1, 0.15) is 23.6 Å². The number of benzene rings is 2. The molecule has 0 aliphatic heterocycles. The lowest BCUT2D eigenvalue weighted by atomic mass is 10.1. The topological polar surface area (TPSA) is 41.1 Å². The van der Waals surface area contributed by atoms with Crippen molar-refractivity contribution in [2.75, 3.05) is 10.6 Å². The quantitative estimate of drug-likeness (QED) is 0.844. The van der Waals surface area contributed by atoms with Gasteiger partial charge < -0.3 is 10.6 Å². The van der Waals surface area contributed by atoms with Gasteiger partial charge in [-0.2, -0.15) is 0 Å². The van der Waals surface area contributed by atoms with Gasteiger partial charge in [-0.3, -0.25) is 0 Å². The molecule has 0 aliphatic carbocycles. The molecule has 0 saturated heterocycles. The molecule has 20 heavy (non-hydrogen) atoms. The van der Waals surface area contributed by atoms with Gasteiger partial charge in [-0.1, -0.05) is 37.3 Å². The van der Waals surface area contributed by atoms with Crippen LogP contribution in [0, 0.1) is 13.8 Å². The summed E-state index contributed by atoms with van der Waals surface area (Å²) in [4.78, 5) is 12.0. The highest BCUT2D eigenvalue weighted by Gasteiger charge is 2.07. The van der Waals surface area contributed by atoms with Crippen molar-refractivity contribution >= 4 is 17.4 Å². The van der Waals surface area contributed by atoms with Crippen LogP contribution in [0.2, 0.25) is 0 Å². The molecule has 0 atom stereocenters. The van der Waals surface area contributed by atoms with Crippen molar-refractivity contribution < 1.29 is 4.79 Å². The van der Waals surface area contributed by atoms with E-state index in [0.717, 1.165) is 28.9 Å². The molecule has 0 bridgehead atoms. The van der Waals surface area contributed by atoms with Crippen molar-refractivity contribution in [3.8, 4) is 0 Å². The maximum absolute atomic E-state index is 12.0. The molecule has 2 rings (SSSR count). The first-order chi connectivity index (χ1) is 9.60. The lowest BCUT2D eigenvalue weighted by molar-refractivity contribution is 0.262. The zero-order valence-corrected chi connectivity index (χ0v) is 12.2. The molecule has 0 spiro atoms. The van der Waals surface area contributed by atoms with Crippen molar-refractivity contribution in [1.29, 1.82) is 0 Å². The van der Waals surface area contributed by atoms with Gasteiger partial charge in [0.05, 0.1) is 0 Å². The maximum Gasteiger partial charge on any atom is 0.323 e. The Morgan fingerprint density at radius 2 is 1.55 bits per heavy atom. The highest BCUT2D eigenvalue weighted by atomic mass is 16.2. The van der Waals surface area contributed by atoms with Crippen molar-refractivity contribution in [3.05, 3.63) is 59.2 Å². The molecule has 3 heteroatoms. The molecule has 3 nitrogen and oxygen atoms in total. The van der Waals surface area contributed by atoms with Crippen molar-refractivity contribution in [2.45, 2.75) is 27.2 Å². The van der Waals surface area contributed by atoms with Gasteiger partial charge in [0.25, 0.3) is 0 Å². The van der Waals surface area contributed by atoms with Crippen LogP contribution >= 0.6 is 0 Å². The van der Waals surface area contributed by atoms with E-state index >= 15 is 0 Å². The molecule has 0 unspecified atom stereocenters. The molecule has 0 heterocycles. The Kier molecular flexibility index (Phi) is 4.41. The monoisotopic (exact) mass is 268 g/mol. The van der Waals surface area contributed by atoms with E-state index in [-0.39, 0.29) is 6.03 Å². The van der Waals surface area contributed by atoms with Crippen LogP contribution < -0.4 is 10.6 Å². The summed E-state index contributed by atoms with van der Waals surface area (Å²) in [6.07, 6.45) is 0.995. The Bertz CT molecular complexity index is 583. The summed E-state index contributed by atoms with van der Waals surface area (Å²) in [5, 5.41) is 5.75. The highest BCUT2D eigenvalue weighted by molar-refractivity contribution is 6.00. The van der Waals surface area contributed by atoms with E-state index in [9.17, 15) is 4.79 Å². The molecule has 2 amide bonds. The average molecular weight is 268 g/mol. The largest absolute Gasteiger partial charge is 0.323 e. The van der Waals surface area contributed by atoms with Crippen molar-refractivity contribution in [1.82, 2.24) is 0 Å². The minimum atomic E-state index is -0.216. The summed E-state index contributed by atoms with van der Waals surface area (Å²) in [5.74, 6) is 0.